The van der Waals surface area contributed by atoms with Crippen molar-refractivity contribution in [3.8, 4) is 17.2 Å². The number of fused-ring (bicyclic) bond motifs is 2. The quantitative estimate of drug-likeness (QED) is 0.749. The number of phenolic OH excluding ortho intramolecular Hbond substituents is 1. The van der Waals surface area contributed by atoms with E-state index in [-0.39, 0.29) is 5.75 Å². The van der Waals surface area contributed by atoms with E-state index < -0.39 is 0 Å². The predicted octanol–water partition coefficient (Wildman–Crippen LogP) is 4.61. The van der Waals surface area contributed by atoms with Crippen LogP contribution in [-0.4, -0.2) is 10.1 Å². The summed E-state index contributed by atoms with van der Waals surface area (Å²) in [5.74, 6) is 1.35. The van der Waals surface area contributed by atoms with Crippen LogP contribution in [0.2, 0.25) is 0 Å². The van der Waals surface area contributed by atoms with Gasteiger partial charge in [0.2, 0.25) is 0 Å². The van der Waals surface area contributed by atoms with E-state index in [1.807, 2.05) is 36.4 Å². The van der Waals surface area contributed by atoms with Gasteiger partial charge in [0.1, 0.15) is 5.75 Å². The van der Waals surface area contributed by atoms with Crippen molar-refractivity contribution in [3.05, 3.63) is 59.8 Å². The molecule has 0 spiro atoms. The highest BCUT2D eigenvalue weighted by molar-refractivity contribution is 5.88. The number of aromatic hydroxyl groups is 1. The molecular formula is C19H17NO2. The third kappa shape index (κ3) is 2.29. The molecule has 0 saturated heterocycles. The number of pyridine rings is 1. The molecule has 110 valence electrons. The van der Waals surface area contributed by atoms with Crippen molar-refractivity contribution >= 4 is 10.9 Å². The zero-order valence-electron chi connectivity index (χ0n) is 12.2. The van der Waals surface area contributed by atoms with Crippen LogP contribution in [0.25, 0.3) is 10.9 Å². The van der Waals surface area contributed by atoms with Crippen LogP contribution in [0.1, 0.15) is 24.1 Å². The molecule has 0 aliphatic heterocycles. The summed E-state index contributed by atoms with van der Waals surface area (Å²) in [4.78, 5) is 4.71. The fraction of sp³-hybridized carbons (Fsp3) is 0.211. The van der Waals surface area contributed by atoms with Gasteiger partial charge in [-0.05, 0) is 61.6 Å². The topological polar surface area (TPSA) is 42.4 Å². The fourth-order valence-electron chi connectivity index (χ4n) is 3.03. The number of nitrogens with zero attached hydrogens (tertiary/aromatic N) is 1. The summed E-state index contributed by atoms with van der Waals surface area (Å²) < 4.78 is 5.78. The minimum Gasteiger partial charge on any atom is -0.504 e. The summed E-state index contributed by atoms with van der Waals surface area (Å²) in [6, 6.07) is 15.3. The first-order chi connectivity index (χ1) is 10.8. The number of benzene rings is 2. The van der Waals surface area contributed by atoms with Gasteiger partial charge in [-0.15, -0.1) is 0 Å². The standard InChI is InChI=1S/C19H17NO2/c21-19-15-12-13-6-4-5-9-16(13)20-17(15)10-11-18(19)22-14-7-2-1-3-8-14/h1-3,7-8,10-12,21H,4-6,9H2. The van der Waals surface area contributed by atoms with Crippen molar-refractivity contribution in [1.82, 2.24) is 4.98 Å². The molecule has 3 heteroatoms. The van der Waals surface area contributed by atoms with Crippen molar-refractivity contribution in [1.29, 1.82) is 0 Å². The normalized spacial score (nSPS) is 13.8. The Morgan fingerprint density at radius 3 is 2.64 bits per heavy atom. The molecule has 1 aliphatic rings. The van der Waals surface area contributed by atoms with Crippen LogP contribution in [-0.2, 0) is 12.8 Å². The van der Waals surface area contributed by atoms with E-state index in [1.165, 1.54) is 24.1 Å². The van der Waals surface area contributed by atoms with Crippen LogP contribution < -0.4 is 4.74 Å². The Morgan fingerprint density at radius 1 is 0.955 bits per heavy atom. The lowest BCUT2D eigenvalue weighted by Gasteiger charge is -2.16. The van der Waals surface area contributed by atoms with Crippen molar-refractivity contribution in [2.75, 3.05) is 0 Å². The highest BCUT2D eigenvalue weighted by Gasteiger charge is 2.15. The number of hydrogen-bond acceptors (Lipinski definition) is 3. The summed E-state index contributed by atoms with van der Waals surface area (Å²) in [5, 5.41) is 11.3. The number of ether oxygens (including phenoxy) is 1. The molecule has 0 amide bonds. The van der Waals surface area contributed by atoms with Crippen LogP contribution >= 0.6 is 0 Å². The SMILES string of the molecule is Oc1c(Oc2ccccc2)ccc2nc3c(cc12)CCCC3. The molecule has 0 radical (unpaired) electrons. The molecule has 0 fully saturated rings. The highest BCUT2D eigenvalue weighted by atomic mass is 16.5. The van der Waals surface area contributed by atoms with Gasteiger partial charge in [-0.1, -0.05) is 18.2 Å². The van der Waals surface area contributed by atoms with E-state index in [2.05, 4.69) is 6.07 Å². The average Bonchev–Trinajstić information content (AvgIpc) is 2.57. The second-order valence-corrected chi connectivity index (χ2v) is 5.70. The van der Waals surface area contributed by atoms with Crippen LogP contribution in [0.3, 0.4) is 0 Å². The Labute approximate surface area is 129 Å². The summed E-state index contributed by atoms with van der Waals surface area (Å²) >= 11 is 0. The first kappa shape index (κ1) is 13.1. The van der Waals surface area contributed by atoms with E-state index >= 15 is 0 Å². The first-order valence-corrected chi connectivity index (χ1v) is 7.68. The van der Waals surface area contributed by atoms with Crippen LogP contribution in [0, 0.1) is 0 Å². The molecule has 22 heavy (non-hydrogen) atoms. The van der Waals surface area contributed by atoms with Gasteiger partial charge in [0.15, 0.2) is 11.5 Å². The van der Waals surface area contributed by atoms with Gasteiger partial charge in [0, 0.05) is 11.1 Å². The van der Waals surface area contributed by atoms with E-state index in [1.54, 1.807) is 6.07 Å². The molecule has 1 aliphatic carbocycles. The Morgan fingerprint density at radius 2 is 1.77 bits per heavy atom. The summed E-state index contributed by atoms with van der Waals surface area (Å²) in [6.45, 7) is 0. The molecule has 1 aromatic heterocycles. The van der Waals surface area contributed by atoms with Gasteiger partial charge in [0.25, 0.3) is 0 Å². The molecule has 4 rings (SSSR count). The molecular weight excluding hydrogens is 274 g/mol. The second kappa shape index (κ2) is 5.34. The van der Waals surface area contributed by atoms with Crippen LogP contribution in [0.15, 0.2) is 48.5 Å². The van der Waals surface area contributed by atoms with Gasteiger partial charge in [-0.25, -0.2) is 0 Å². The molecule has 0 bridgehead atoms. The smallest absolute Gasteiger partial charge is 0.169 e. The minimum absolute atomic E-state index is 0.169. The Kier molecular flexibility index (Phi) is 3.19. The summed E-state index contributed by atoms with van der Waals surface area (Å²) in [6.07, 6.45) is 4.48. The Bertz CT molecular complexity index is 828. The lowest BCUT2D eigenvalue weighted by atomic mass is 9.94. The van der Waals surface area contributed by atoms with Crippen molar-refractivity contribution in [2.45, 2.75) is 25.7 Å². The lowest BCUT2D eigenvalue weighted by molar-refractivity contribution is 0.415. The van der Waals surface area contributed by atoms with Crippen molar-refractivity contribution in [2.24, 2.45) is 0 Å². The largest absolute Gasteiger partial charge is 0.504 e. The maximum absolute atomic E-state index is 10.5. The number of rotatable bonds is 2. The Balaban J connectivity index is 1.79. The number of phenols is 1. The molecule has 1 heterocycles. The maximum Gasteiger partial charge on any atom is 0.169 e. The number of hydrogen-bond donors (Lipinski definition) is 1. The maximum atomic E-state index is 10.5. The third-order valence-corrected chi connectivity index (χ3v) is 4.18. The zero-order valence-corrected chi connectivity index (χ0v) is 12.2. The van der Waals surface area contributed by atoms with Gasteiger partial charge < -0.3 is 9.84 Å². The number of aryl methyl sites for hydroxylation is 2. The Hall–Kier alpha value is -2.55. The van der Waals surface area contributed by atoms with Crippen LogP contribution in [0.4, 0.5) is 0 Å². The van der Waals surface area contributed by atoms with Crippen molar-refractivity contribution < 1.29 is 9.84 Å². The predicted molar refractivity (Wildman–Crippen MR) is 86.6 cm³/mol. The number of para-hydroxylation sites is 1. The van der Waals surface area contributed by atoms with Crippen molar-refractivity contribution in [3.63, 3.8) is 0 Å². The molecule has 0 saturated carbocycles. The molecule has 0 atom stereocenters. The van der Waals surface area contributed by atoms with E-state index in [0.29, 0.717) is 11.5 Å². The summed E-state index contributed by atoms with van der Waals surface area (Å²) in [7, 11) is 0. The molecule has 0 unspecified atom stereocenters. The van der Waals surface area contributed by atoms with Gasteiger partial charge in [-0.3, -0.25) is 4.98 Å². The van der Waals surface area contributed by atoms with E-state index in [4.69, 9.17) is 9.72 Å². The first-order valence-electron chi connectivity index (χ1n) is 7.68. The van der Waals surface area contributed by atoms with Gasteiger partial charge in [0.05, 0.1) is 5.52 Å². The van der Waals surface area contributed by atoms with E-state index in [0.717, 1.165) is 23.7 Å². The molecule has 3 nitrogen and oxygen atoms in total. The summed E-state index contributed by atoms with van der Waals surface area (Å²) in [5.41, 5.74) is 3.26. The monoisotopic (exact) mass is 291 g/mol. The van der Waals surface area contributed by atoms with Gasteiger partial charge >= 0.3 is 0 Å². The van der Waals surface area contributed by atoms with E-state index in [9.17, 15) is 5.11 Å². The lowest BCUT2D eigenvalue weighted by Crippen LogP contribution is -2.05. The number of aromatic nitrogens is 1. The highest BCUT2D eigenvalue weighted by Crippen LogP contribution is 2.38. The molecule has 2 aromatic carbocycles. The fourth-order valence-corrected chi connectivity index (χ4v) is 3.03. The van der Waals surface area contributed by atoms with Crippen LogP contribution in [0.5, 0.6) is 17.2 Å². The molecule has 1 N–H and O–H groups in total. The van der Waals surface area contributed by atoms with Gasteiger partial charge in [-0.2, -0.15) is 0 Å². The zero-order chi connectivity index (χ0) is 14.9. The second-order valence-electron chi connectivity index (χ2n) is 5.70. The average molecular weight is 291 g/mol. The molecule has 3 aromatic rings. The third-order valence-electron chi connectivity index (χ3n) is 4.18. The minimum atomic E-state index is 0.169.